The van der Waals surface area contributed by atoms with E-state index in [1.54, 1.807) is 23.3 Å². The number of hydrogen-bond donors (Lipinski definition) is 0. The van der Waals surface area contributed by atoms with Gasteiger partial charge >= 0.3 is 0 Å². The molecule has 2 aromatic rings. The number of ether oxygens (including phenoxy) is 2. The van der Waals surface area contributed by atoms with Crippen LogP contribution in [0.15, 0.2) is 40.2 Å². The quantitative estimate of drug-likeness (QED) is 0.835. The second kappa shape index (κ2) is 6.07. The average Bonchev–Trinajstić information content (AvgIpc) is 2.91. The Morgan fingerprint density at radius 1 is 1.33 bits per heavy atom. The zero-order chi connectivity index (χ0) is 14.8. The van der Waals surface area contributed by atoms with Crippen LogP contribution < -0.4 is 9.47 Å². The molecule has 4 nitrogen and oxygen atoms in total. The van der Waals surface area contributed by atoms with Gasteiger partial charge < -0.3 is 14.4 Å². The van der Waals surface area contributed by atoms with Gasteiger partial charge in [0.25, 0.3) is 5.91 Å². The van der Waals surface area contributed by atoms with E-state index in [1.165, 1.54) is 0 Å². The highest BCUT2D eigenvalue weighted by Crippen LogP contribution is 2.31. The average molecular weight is 368 g/mol. The molecule has 1 aromatic carbocycles. The van der Waals surface area contributed by atoms with Crippen LogP contribution in [0.2, 0.25) is 0 Å². The lowest BCUT2D eigenvalue weighted by Gasteiger charge is -2.28. The van der Waals surface area contributed by atoms with Crippen LogP contribution in [0.3, 0.4) is 0 Å². The summed E-state index contributed by atoms with van der Waals surface area (Å²) in [4.78, 5) is 15.2. The second-order valence-corrected chi connectivity index (χ2v) is 7.31. The van der Waals surface area contributed by atoms with E-state index in [-0.39, 0.29) is 12.5 Å². The summed E-state index contributed by atoms with van der Waals surface area (Å²) in [5.41, 5.74) is 0. The van der Waals surface area contributed by atoms with Crippen LogP contribution in [0.25, 0.3) is 0 Å². The summed E-state index contributed by atoms with van der Waals surface area (Å²) < 4.78 is 12.4. The molecule has 0 unspecified atom stereocenters. The maximum Gasteiger partial charge on any atom is 0.267 e. The first kappa shape index (κ1) is 14.4. The summed E-state index contributed by atoms with van der Waals surface area (Å²) in [5.74, 6) is 1.23. The minimum atomic E-state index is -0.590. The van der Waals surface area contributed by atoms with E-state index in [0.717, 1.165) is 8.66 Å². The van der Waals surface area contributed by atoms with Gasteiger partial charge in [-0.1, -0.05) is 12.1 Å². The van der Waals surface area contributed by atoms with Crippen molar-refractivity contribution < 1.29 is 14.3 Å². The summed E-state index contributed by atoms with van der Waals surface area (Å²) in [6.07, 6.45) is -0.590. The number of benzene rings is 1. The number of thiophene rings is 1. The van der Waals surface area contributed by atoms with Crippen LogP contribution in [0.4, 0.5) is 0 Å². The molecule has 3 rings (SSSR count). The number of nitrogens with zero attached hydrogens (tertiary/aromatic N) is 1. The van der Waals surface area contributed by atoms with Gasteiger partial charge in [0.2, 0.25) is 6.10 Å². The van der Waals surface area contributed by atoms with Crippen molar-refractivity contribution in [2.24, 2.45) is 0 Å². The Morgan fingerprint density at radius 3 is 2.81 bits per heavy atom. The number of carbonyl (C=O) groups excluding carboxylic acids is 1. The molecule has 6 heteroatoms. The fourth-order valence-corrected chi connectivity index (χ4v) is 3.67. The number of carbonyl (C=O) groups is 1. The lowest BCUT2D eigenvalue weighted by atomic mass is 10.2. The predicted octanol–water partition coefficient (Wildman–Crippen LogP) is 3.31. The molecule has 2 heterocycles. The van der Waals surface area contributed by atoms with Gasteiger partial charge in [-0.25, -0.2) is 0 Å². The van der Waals surface area contributed by atoms with Crippen LogP contribution in [-0.2, 0) is 11.3 Å². The van der Waals surface area contributed by atoms with E-state index in [2.05, 4.69) is 15.9 Å². The van der Waals surface area contributed by atoms with Crippen LogP contribution in [0.1, 0.15) is 4.88 Å². The molecule has 1 aliphatic heterocycles. The molecule has 0 fully saturated rings. The van der Waals surface area contributed by atoms with Gasteiger partial charge in [-0.2, -0.15) is 0 Å². The second-order valence-electron chi connectivity index (χ2n) is 4.76. The van der Waals surface area contributed by atoms with Crippen molar-refractivity contribution in [1.29, 1.82) is 0 Å². The first-order valence-corrected chi connectivity index (χ1v) is 8.12. The molecular formula is C15H14BrNO3S. The summed E-state index contributed by atoms with van der Waals surface area (Å²) in [6, 6.07) is 11.4. The zero-order valence-electron chi connectivity index (χ0n) is 11.4. The third-order valence-corrected chi connectivity index (χ3v) is 4.79. The lowest BCUT2D eigenvalue weighted by molar-refractivity contribution is -0.140. The van der Waals surface area contributed by atoms with Crippen LogP contribution in [0.5, 0.6) is 11.5 Å². The predicted molar refractivity (Wildman–Crippen MR) is 84.8 cm³/mol. The Labute approximate surface area is 135 Å². The van der Waals surface area contributed by atoms with Gasteiger partial charge in [0.1, 0.15) is 6.61 Å². The van der Waals surface area contributed by atoms with E-state index in [4.69, 9.17) is 9.47 Å². The molecule has 0 aliphatic carbocycles. The third-order valence-electron chi connectivity index (χ3n) is 3.18. The Bertz CT molecular complexity index is 658. The van der Waals surface area contributed by atoms with Crippen LogP contribution in [0, 0.1) is 0 Å². The highest BCUT2D eigenvalue weighted by atomic mass is 79.9. The minimum Gasteiger partial charge on any atom is -0.485 e. The van der Waals surface area contributed by atoms with E-state index in [9.17, 15) is 4.79 Å². The maximum absolute atomic E-state index is 12.4. The van der Waals surface area contributed by atoms with Gasteiger partial charge in [-0.05, 0) is 40.2 Å². The summed E-state index contributed by atoms with van der Waals surface area (Å²) in [7, 11) is 1.78. The molecule has 0 bridgehead atoms. The summed E-state index contributed by atoms with van der Waals surface area (Å²) >= 11 is 5.04. The van der Waals surface area contributed by atoms with Crippen LogP contribution in [-0.4, -0.2) is 30.6 Å². The van der Waals surface area contributed by atoms with Gasteiger partial charge in [0.15, 0.2) is 11.5 Å². The SMILES string of the molecule is CN(Cc1ccc(Br)s1)C(=O)[C@H]1COc2ccccc2O1. The monoisotopic (exact) mass is 367 g/mol. The van der Waals surface area contributed by atoms with E-state index in [0.29, 0.717) is 18.0 Å². The Balaban J connectivity index is 1.66. The molecule has 1 atom stereocenters. The first-order chi connectivity index (χ1) is 10.1. The number of rotatable bonds is 3. The third kappa shape index (κ3) is 3.22. The van der Waals surface area contributed by atoms with E-state index >= 15 is 0 Å². The number of fused-ring (bicyclic) bond motifs is 1. The van der Waals surface area contributed by atoms with Crippen molar-refractivity contribution >= 4 is 33.2 Å². The Hall–Kier alpha value is -1.53. The number of amides is 1. The molecule has 1 aliphatic rings. The number of halogens is 1. The van der Waals surface area contributed by atoms with Gasteiger partial charge in [-0.15, -0.1) is 11.3 Å². The molecule has 0 N–H and O–H groups in total. The van der Waals surface area contributed by atoms with E-state index in [1.807, 2.05) is 36.4 Å². The van der Waals surface area contributed by atoms with E-state index < -0.39 is 6.10 Å². The van der Waals surface area contributed by atoms with Crippen molar-refractivity contribution in [3.63, 3.8) is 0 Å². The minimum absolute atomic E-state index is 0.0750. The molecule has 1 aromatic heterocycles. The molecule has 0 saturated carbocycles. The molecule has 0 radical (unpaired) electrons. The molecule has 110 valence electrons. The van der Waals surface area contributed by atoms with Crippen molar-refractivity contribution in [2.45, 2.75) is 12.6 Å². The standard InChI is InChI=1S/C15H14BrNO3S/c1-17(8-10-6-7-14(16)21-10)15(18)13-9-19-11-4-2-3-5-12(11)20-13/h2-7,13H,8-9H2,1H3/t13-/m1/s1. The lowest BCUT2D eigenvalue weighted by Crippen LogP contribution is -2.44. The normalized spacial score (nSPS) is 16.6. The number of para-hydroxylation sites is 2. The fraction of sp³-hybridized carbons (Fsp3) is 0.267. The van der Waals surface area contributed by atoms with Gasteiger partial charge in [0.05, 0.1) is 10.3 Å². The Kier molecular flexibility index (Phi) is 4.17. The van der Waals surface area contributed by atoms with Crippen molar-refractivity contribution in [3.05, 3.63) is 45.1 Å². The topological polar surface area (TPSA) is 38.8 Å². The molecule has 1 amide bonds. The van der Waals surface area contributed by atoms with Crippen molar-refractivity contribution in [1.82, 2.24) is 4.90 Å². The largest absolute Gasteiger partial charge is 0.485 e. The molecule has 0 spiro atoms. The number of likely N-dealkylation sites (N-methyl/N-ethyl adjacent to an activating group) is 1. The summed E-state index contributed by atoms with van der Waals surface area (Å²) in [6.45, 7) is 0.810. The highest BCUT2D eigenvalue weighted by molar-refractivity contribution is 9.11. The van der Waals surface area contributed by atoms with Crippen LogP contribution >= 0.6 is 27.3 Å². The molecule has 0 saturated heterocycles. The smallest absolute Gasteiger partial charge is 0.267 e. The van der Waals surface area contributed by atoms with Crippen molar-refractivity contribution in [3.8, 4) is 11.5 Å². The van der Waals surface area contributed by atoms with Crippen molar-refractivity contribution in [2.75, 3.05) is 13.7 Å². The van der Waals surface area contributed by atoms with Gasteiger partial charge in [0, 0.05) is 11.9 Å². The highest BCUT2D eigenvalue weighted by Gasteiger charge is 2.29. The summed E-state index contributed by atoms with van der Waals surface area (Å²) in [5, 5.41) is 0. The maximum atomic E-state index is 12.4. The molecular weight excluding hydrogens is 354 g/mol. The van der Waals surface area contributed by atoms with Gasteiger partial charge in [-0.3, -0.25) is 4.79 Å². The zero-order valence-corrected chi connectivity index (χ0v) is 13.8. The first-order valence-electron chi connectivity index (χ1n) is 6.51. The molecule has 21 heavy (non-hydrogen) atoms. The Morgan fingerprint density at radius 2 is 2.10 bits per heavy atom. The fourth-order valence-electron chi connectivity index (χ4n) is 2.14. The number of hydrogen-bond acceptors (Lipinski definition) is 4.